The second kappa shape index (κ2) is 7.91. The second-order valence-electron chi connectivity index (χ2n) is 5.85. The fourth-order valence-corrected chi connectivity index (χ4v) is 3.49. The summed E-state index contributed by atoms with van der Waals surface area (Å²) in [6.45, 7) is 0.571. The molecule has 0 unspecified atom stereocenters. The molecular weight excluding hydrogens is 428 g/mol. The predicted octanol–water partition coefficient (Wildman–Crippen LogP) is 3.17. The van der Waals surface area contributed by atoms with Crippen LogP contribution in [-0.2, 0) is 10.0 Å². The molecule has 2 aromatic carbocycles. The van der Waals surface area contributed by atoms with Gasteiger partial charge in [-0.05, 0) is 25.1 Å². The Kier molecular flexibility index (Phi) is 6.13. The van der Waals surface area contributed by atoms with Crippen LogP contribution in [-0.4, -0.2) is 26.5 Å². The van der Waals surface area contributed by atoms with E-state index in [9.17, 15) is 39.6 Å². The van der Waals surface area contributed by atoms with Gasteiger partial charge in [-0.3, -0.25) is 4.79 Å². The fraction of sp³-hybridized carbons (Fsp3) is 0.188. The monoisotopic (exact) mass is 441 g/mol. The van der Waals surface area contributed by atoms with Gasteiger partial charge in [0.25, 0.3) is 5.91 Å². The Balaban J connectivity index is 2.34. The maximum Gasteiger partial charge on any atom is 0.404 e. The molecule has 13 heteroatoms. The molecule has 4 N–H and O–H groups in total. The lowest BCUT2D eigenvalue weighted by Gasteiger charge is -2.18. The molecule has 0 aromatic heterocycles. The number of amides is 1. The Bertz CT molecular complexity index is 1030. The lowest BCUT2D eigenvalue weighted by molar-refractivity contribution is -0.147. The number of benzene rings is 2. The predicted molar refractivity (Wildman–Crippen MR) is 91.0 cm³/mol. The van der Waals surface area contributed by atoms with Crippen LogP contribution < -0.4 is 15.8 Å². The number of halogens is 6. The second-order valence-corrected chi connectivity index (χ2v) is 7.53. The first-order chi connectivity index (χ1) is 13.2. The van der Waals surface area contributed by atoms with Gasteiger partial charge < -0.3 is 11.1 Å². The number of carbonyl (C=O) groups excluding carboxylic acids is 1. The maximum atomic E-state index is 13.2. The molecule has 0 saturated carbocycles. The van der Waals surface area contributed by atoms with Crippen LogP contribution in [0, 0.1) is 17.5 Å². The van der Waals surface area contributed by atoms with Crippen LogP contribution in [0.2, 0.25) is 0 Å². The van der Waals surface area contributed by atoms with Gasteiger partial charge in [0, 0.05) is 23.4 Å². The molecule has 0 spiro atoms. The van der Waals surface area contributed by atoms with Gasteiger partial charge in [0.15, 0.2) is 17.5 Å². The first kappa shape index (κ1) is 22.5. The van der Waals surface area contributed by atoms with Gasteiger partial charge in [-0.1, -0.05) is 0 Å². The summed E-state index contributed by atoms with van der Waals surface area (Å²) in [6.07, 6.45) is -4.87. The summed E-state index contributed by atoms with van der Waals surface area (Å²) < 4.78 is 103. The summed E-state index contributed by atoms with van der Waals surface area (Å²) in [4.78, 5) is 11.4. The van der Waals surface area contributed by atoms with Crippen molar-refractivity contribution in [1.82, 2.24) is 4.72 Å². The van der Waals surface area contributed by atoms with Gasteiger partial charge >= 0.3 is 6.18 Å². The quantitative estimate of drug-likeness (QED) is 0.377. The highest BCUT2D eigenvalue weighted by molar-refractivity contribution is 7.89. The van der Waals surface area contributed by atoms with E-state index in [1.54, 1.807) is 0 Å². The summed E-state index contributed by atoms with van der Waals surface area (Å²) in [5.74, 6) is -5.98. The van der Waals surface area contributed by atoms with Crippen molar-refractivity contribution in [1.29, 1.82) is 0 Å². The van der Waals surface area contributed by atoms with Crippen LogP contribution in [0.15, 0.2) is 35.2 Å². The first-order valence-corrected chi connectivity index (χ1v) is 9.15. The minimum atomic E-state index is -4.87. The minimum Gasteiger partial charge on any atom is -0.398 e. The number of hydrogen-bond acceptors (Lipinski definition) is 4. The van der Waals surface area contributed by atoms with Crippen LogP contribution >= 0.6 is 0 Å². The van der Waals surface area contributed by atoms with Crippen LogP contribution in [0.1, 0.15) is 17.3 Å². The Morgan fingerprint density at radius 3 is 2.14 bits per heavy atom. The highest BCUT2D eigenvalue weighted by Crippen LogP contribution is 2.25. The summed E-state index contributed by atoms with van der Waals surface area (Å²) in [5.41, 5.74) is 4.18. The molecular formula is C16H13F6N3O3S. The Morgan fingerprint density at radius 2 is 1.62 bits per heavy atom. The Hall–Kier alpha value is -2.80. The molecule has 2 rings (SSSR count). The normalized spacial score (nSPS) is 13.2. The first-order valence-electron chi connectivity index (χ1n) is 7.67. The van der Waals surface area contributed by atoms with Crippen molar-refractivity contribution in [2.24, 2.45) is 0 Å². The summed E-state index contributed by atoms with van der Waals surface area (Å²) in [7, 11) is -4.77. The average Bonchev–Trinajstić information content (AvgIpc) is 2.58. The van der Waals surface area contributed by atoms with Gasteiger partial charge in [0.05, 0.1) is 5.69 Å². The van der Waals surface area contributed by atoms with Crippen LogP contribution in [0.5, 0.6) is 0 Å². The van der Waals surface area contributed by atoms with Crippen LogP contribution in [0.25, 0.3) is 0 Å². The van der Waals surface area contributed by atoms with E-state index in [1.807, 2.05) is 5.32 Å². The highest BCUT2D eigenvalue weighted by Gasteiger charge is 2.39. The SMILES string of the molecule is C[C@H](NS(=O)(=O)c1cc(C(=O)Nc2cc(F)c(F)c(F)c2)ccc1N)C(F)(F)F. The number of nitrogen functional groups attached to an aromatic ring is 1. The van der Waals surface area contributed by atoms with Crippen molar-refractivity contribution in [2.75, 3.05) is 11.1 Å². The van der Waals surface area contributed by atoms with E-state index in [-0.39, 0.29) is 0 Å². The smallest absolute Gasteiger partial charge is 0.398 e. The molecule has 0 saturated heterocycles. The van der Waals surface area contributed by atoms with E-state index >= 15 is 0 Å². The number of carbonyl (C=O) groups is 1. The highest BCUT2D eigenvalue weighted by atomic mass is 32.2. The molecule has 0 aliphatic rings. The zero-order valence-corrected chi connectivity index (χ0v) is 15.3. The van der Waals surface area contributed by atoms with E-state index in [0.29, 0.717) is 25.1 Å². The number of anilines is 2. The molecule has 0 bridgehead atoms. The summed E-state index contributed by atoms with van der Waals surface area (Å²) in [5, 5.41) is 2.01. The summed E-state index contributed by atoms with van der Waals surface area (Å²) >= 11 is 0. The summed E-state index contributed by atoms with van der Waals surface area (Å²) in [6, 6.07) is 1.21. The van der Waals surface area contributed by atoms with E-state index in [2.05, 4.69) is 0 Å². The van der Waals surface area contributed by atoms with Crippen molar-refractivity contribution in [2.45, 2.75) is 24.0 Å². The molecule has 29 heavy (non-hydrogen) atoms. The van der Waals surface area contributed by atoms with Gasteiger partial charge in [-0.15, -0.1) is 0 Å². The molecule has 158 valence electrons. The molecule has 1 amide bonds. The van der Waals surface area contributed by atoms with Gasteiger partial charge in [0.2, 0.25) is 10.0 Å². The van der Waals surface area contributed by atoms with Crippen molar-refractivity contribution < 1.29 is 39.6 Å². The van der Waals surface area contributed by atoms with E-state index in [1.165, 1.54) is 4.72 Å². The van der Waals surface area contributed by atoms with E-state index < -0.39 is 67.4 Å². The van der Waals surface area contributed by atoms with Gasteiger partial charge in [-0.25, -0.2) is 21.6 Å². The van der Waals surface area contributed by atoms with Crippen molar-refractivity contribution in [3.8, 4) is 0 Å². The third-order valence-corrected chi connectivity index (χ3v) is 5.23. The minimum absolute atomic E-state index is 0.399. The topological polar surface area (TPSA) is 101 Å². The van der Waals surface area contributed by atoms with Gasteiger partial charge in [-0.2, -0.15) is 17.9 Å². The zero-order chi connectivity index (χ0) is 22.1. The zero-order valence-electron chi connectivity index (χ0n) is 14.4. The third kappa shape index (κ3) is 5.17. The molecule has 0 aliphatic carbocycles. The standard InChI is InChI=1S/C16H13F6N3O3S/c1-7(16(20,21)22)25-29(27,28)13-4-8(2-3-12(13)23)15(26)24-9-5-10(17)14(19)11(18)6-9/h2-7,25H,23H2,1H3,(H,24,26)/t7-/m0/s1. The Morgan fingerprint density at radius 1 is 1.07 bits per heavy atom. The molecule has 0 fully saturated rings. The number of nitrogens with one attached hydrogen (secondary N) is 2. The van der Waals surface area contributed by atoms with E-state index in [0.717, 1.165) is 12.1 Å². The fourth-order valence-electron chi connectivity index (χ4n) is 2.10. The molecule has 0 aliphatic heterocycles. The largest absolute Gasteiger partial charge is 0.404 e. The molecule has 0 radical (unpaired) electrons. The van der Waals surface area contributed by atoms with Crippen molar-refractivity contribution >= 4 is 27.3 Å². The molecule has 6 nitrogen and oxygen atoms in total. The number of alkyl halides is 3. The van der Waals surface area contributed by atoms with Crippen molar-refractivity contribution in [3.63, 3.8) is 0 Å². The number of nitrogens with two attached hydrogens (primary N) is 1. The maximum absolute atomic E-state index is 13.2. The number of hydrogen-bond donors (Lipinski definition) is 3. The lowest BCUT2D eigenvalue weighted by atomic mass is 10.2. The number of rotatable bonds is 5. The average molecular weight is 441 g/mol. The van der Waals surface area contributed by atoms with Crippen LogP contribution in [0.4, 0.5) is 37.7 Å². The van der Waals surface area contributed by atoms with E-state index in [4.69, 9.17) is 5.73 Å². The third-order valence-electron chi connectivity index (χ3n) is 3.63. The van der Waals surface area contributed by atoms with Gasteiger partial charge in [0.1, 0.15) is 10.9 Å². The van der Waals surface area contributed by atoms with Crippen LogP contribution in [0.3, 0.4) is 0 Å². The number of sulfonamides is 1. The van der Waals surface area contributed by atoms with Crippen molar-refractivity contribution in [3.05, 3.63) is 53.3 Å². The molecule has 2 aromatic rings. The molecule has 0 heterocycles. The lowest BCUT2D eigenvalue weighted by Crippen LogP contribution is -2.43. The molecule has 1 atom stereocenters. The Labute approximate surface area is 160 Å².